The third-order valence-corrected chi connectivity index (χ3v) is 5.87. The summed E-state index contributed by atoms with van der Waals surface area (Å²) in [6, 6.07) is 12.8. The third-order valence-electron chi connectivity index (χ3n) is 4.68. The molecule has 3 aromatic rings. The Balaban J connectivity index is 1.96. The van der Waals surface area contributed by atoms with Gasteiger partial charge in [0.05, 0.1) is 13.7 Å². The maximum Gasteiger partial charge on any atom is 0.220 e. The lowest BCUT2D eigenvalue weighted by atomic mass is 10.1. The van der Waals surface area contributed by atoms with Crippen LogP contribution in [0.3, 0.4) is 0 Å². The number of ether oxygens (including phenoxy) is 3. The molecule has 0 aliphatic rings. The number of nitro groups is 1. The fourth-order valence-electron chi connectivity index (χ4n) is 3.18. The molecule has 1 aromatic heterocycles. The maximum absolute atomic E-state index is 11.5. The summed E-state index contributed by atoms with van der Waals surface area (Å²) < 4.78 is 18.5. The Bertz CT molecular complexity index is 1100. The average Bonchev–Trinajstić information content (AvgIpc) is 3.17. The highest BCUT2D eigenvalue weighted by Gasteiger charge is 2.25. The van der Waals surface area contributed by atoms with Crippen LogP contribution in [-0.2, 0) is 0 Å². The van der Waals surface area contributed by atoms with Crippen LogP contribution < -0.4 is 14.2 Å². The van der Waals surface area contributed by atoms with Crippen molar-refractivity contribution in [3.8, 4) is 22.9 Å². The second-order valence-electron chi connectivity index (χ2n) is 6.92. The largest absolute Gasteiger partial charge is 0.497 e. The minimum Gasteiger partial charge on any atom is -0.497 e. The van der Waals surface area contributed by atoms with Crippen molar-refractivity contribution in [2.24, 2.45) is 0 Å². The van der Waals surface area contributed by atoms with Gasteiger partial charge in [-0.15, -0.1) is 10.2 Å². The van der Waals surface area contributed by atoms with E-state index in [1.165, 1.54) is 11.8 Å². The van der Waals surface area contributed by atoms with E-state index in [9.17, 15) is 10.1 Å². The summed E-state index contributed by atoms with van der Waals surface area (Å²) in [6.45, 7) is 7.83. The lowest BCUT2D eigenvalue weighted by molar-refractivity contribution is -0.479. The fraction of sp³-hybridized carbons (Fsp3) is 0.304. The topological polar surface area (TPSA) is 102 Å². The van der Waals surface area contributed by atoms with E-state index in [0.717, 1.165) is 17.0 Å². The van der Waals surface area contributed by atoms with E-state index in [4.69, 9.17) is 14.2 Å². The summed E-state index contributed by atoms with van der Waals surface area (Å²) in [4.78, 5) is 11.2. The SMILES string of the molecule is C=CCOc1ccc([C@@H](C[N+](=O)[O-])Sc2nnc(C)n2-c2ccc(OC)cc2)cc1OCC. The smallest absolute Gasteiger partial charge is 0.220 e. The van der Waals surface area contributed by atoms with Crippen molar-refractivity contribution in [3.63, 3.8) is 0 Å². The van der Waals surface area contributed by atoms with Crippen LogP contribution >= 0.6 is 11.8 Å². The quantitative estimate of drug-likeness (QED) is 0.163. The monoisotopic (exact) mass is 470 g/mol. The summed E-state index contributed by atoms with van der Waals surface area (Å²) in [6.07, 6.45) is 1.64. The van der Waals surface area contributed by atoms with Gasteiger partial charge in [-0.1, -0.05) is 30.5 Å². The number of thioether (sulfide) groups is 1. The van der Waals surface area contributed by atoms with Crippen LogP contribution in [-0.4, -0.2) is 46.6 Å². The van der Waals surface area contributed by atoms with E-state index in [0.29, 0.717) is 35.7 Å². The van der Waals surface area contributed by atoms with E-state index >= 15 is 0 Å². The summed E-state index contributed by atoms with van der Waals surface area (Å²) >= 11 is 1.28. The molecule has 0 bridgehead atoms. The van der Waals surface area contributed by atoms with Gasteiger partial charge < -0.3 is 14.2 Å². The minimum atomic E-state index is -0.520. The lowest BCUT2D eigenvalue weighted by Gasteiger charge is -2.17. The number of methoxy groups -OCH3 is 1. The Labute approximate surface area is 196 Å². The first-order valence-corrected chi connectivity index (χ1v) is 11.2. The van der Waals surface area contributed by atoms with E-state index in [-0.39, 0.29) is 11.5 Å². The standard InChI is InChI=1S/C23H26N4O5S/c1-5-13-32-20-12-7-17(14-21(20)31-6-2)22(15-26(28)29)33-23-25-24-16(3)27(23)18-8-10-19(30-4)11-9-18/h5,7-12,14,22H,1,6,13,15H2,2-4H3/t22-/m1/s1. The Morgan fingerprint density at radius 2 is 1.94 bits per heavy atom. The second-order valence-corrected chi connectivity index (χ2v) is 8.09. The fourth-order valence-corrected chi connectivity index (χ4v) is 4.35. The molecular formula is C23H26N4O5S. The molecule has 2 aromatic carbocycles. The van der Waals surface area contributed by atoms with Gasteiger partial charge in [0, 0.05) is 10.6 Å². The van der Waals surface area contributed by atoms with Crippen LogP contribution in [0.4, 0.5) is 0 Å². The van der Waals surface area contributed by atoms with Crippen LogP contribution in [0.1, 0.15) is 23.6 Å². The summed E-state index contributed by atoms with van der Waals surface area (Å²) in [5.74, 6) is 2.49. The molecule has 0 N–H and O–H groups in total. The first-order valence-electron chi connectivity index (χ1n) is 10.3. The van der Waals surface area contributed by atoms with E-state index in [1.54, 1.807) is 25.3 Å². The number of hydrogen-bond acceptors (Lipinski definition) is 8. The molecule has 10 heteroatoms. The van der Waals surface area contributed by atoms with E-state index < -0.39 is 5.25 Å². The molecule has 0 aliphatic heterocycles. The predicted molar refractivity (Wildman–Crippen MR) is 126 cm³/mol. The van der Waals surface area contributed by atoms with Crippen molar-refractivity contribution in [2.45, 2.75) is 24.3 Å². The Hall–Kier alpha value is -3.53. The highest BCUT2D eigenvalue weighted by atomic mass is 32.2. The first kappa shape index (κ1) is 24.1. The van der Waals surface area contributed by atoms with Crippen LogP contribution in [0.25, 0.3) is 5.69 Å². The Morgan fingerprint density at radius 1 is 1.18 bits per heavy atom. The van der Waals surface area contributed by atoms with Crippen LogP contribution in [0.15, 0.2) is 60.3 Å². The Morgan fingerprint density at radius 3 is 2.58 bits per heavy atom. The number of aromatic nitrogens is 3. The number of rotatable bonds is 12. The van der Waals surface area contributed by atoms with Crippen LogP contribution in [0.2, 0.25) is 0 Å². The molecule has 174 valence electrons. The van der Waals surface area contributed by atoms with Gasteiger partial charge in [-0.3, -0.25) is 14.7 Å². The number of benzene rings is 2. The predicted octanol–water partition coefficient (Wildman–Crippen LogP) is 4.66. The summed E-state index contributed by atoms with van der Waals surface area (Å²) in [5.41, 5.74) is 1.57. The van der Waals surface area contributed by atoms with Gasteiger partial charge in [-0.2, -0.15) is 0 Å². The van der Waals surface area contributed by atoms with Gasteiger partial charge in [0.15, 0.2) is 16.7 Å². The highest BCUT2D eigenvalue weighted by Crippen LogP contribution is 2.39. The summed E-state index contributed by atoms with van der Waals surface area (Å²) in [7, 11) is 1.60. The zero-order chi connectivity index (χ0) is 23.8. The first-order chi connectivity index (χ1) is 16.0. The number of aryl methyl sites for hydroxylation is 1. The molecule has 1 atom stereocenters. The molecule has 3 rings (SSSR count). The highest BCUT2D eigenvalue weighted by molar-refractivity contribution is 7.99. The van der Waals surface area contributed by atoms with Crippen molar-refractivity contribution >= 4 is 11.8 Å². The molecule has 0 saturated heterocycles. The van der Waals surface area contributed by atoms with Gasteiger partial charge in [0.1, 0.15) is 23.4 Å². The molecular weight excluding hydrogens is 444 g/mol. The summed E-state index contributed by atoms with van der Waals surface area (Å²) in [5, 5.41) is 20.0. The van der Waals surface area contributed by atoms with Crippen molar-refractivity contribution in [2.75, 3.05) is 26.9 Å². The normalized spacial score (nSPS) is 11.6. The molecule has 0 spiro atoms. The maximum atomic E-state index is 11.5. The van der Waals surface area contributed by atoms with E-state index in [2.05, 4.69) is 16.8 Å². The number of hydrogen-bond donors (Lipinski definition) is 0. The molecule has 0 fully saturated rings. The molecule has 33 heavy (non-hydrogen) atoms. The van der Waals surface area contributed by atoms with Crippen LogP contribution in [0.5, 0.6) is 17.2 Å². The molecule has 9 nitrogen and oxygen atoms in total. The molecule has 1 heterocycles. The molecule has 0 amide bonds. The second kappa shape index (κ2) is 11.4. The molecule has 0 aliphatic carbocycles. The van der Waals surface area contributed by atoms with Gasteiger partial charge in [-0.25, -0.2) is 0 Å². The molecule has 0 unspecified atom stereocenters. The van der Waals surface area contributed by atoms with Crippen molar-refractivity contribution in [1.82, 2.24) is 14.8 Å². The van der Waals surface area contributed by atoms with Gasteiger partial charge >= 0.3 is 0 Å². The zero-order valence-electron chi connectivity index (χ0n) is 18.8. The van der Waals surface area contributed by atoms with Crippen LogP contribution in [0, 0.1) is 17.0 Å². The molecule has 0 saturated carbocycles. The minimum absolute atomic E-state index is 0.294. The average molecular weight is 471 g/mol. The van der Waals surface area contributed by atoms with Gasteiger partial charge in [0.2, 0.25) is 6.54 Å². The van der Waals surface area contributed by atoms with Crippen molar-refractivity contribution < 1.29 is 19.1 Å². The van der Waals surface area contributed by atoms with Crippen molar-refractivity contribution in [3.05, 3.63) is 76.6 Å². The molecule has 0 radical (unpaired) electrons. The third kappa shape index (κ3) is 6.04. The Kier molecular flexibility index (Phi) is 8.31. The van der Waals surface area contributed by atoms with E-state index in [1.807, 2.05) is 48.7 Å². The lowest BCUT2D eigenvalue weighted by Crippen LogP contribution is -2.11. The van der Waals surface area contributed by atoms with Gasteiger partial charge in [-0.05, 0) is 55.8 Å². The van der Waals surface area contributed by atoms with Crippen molar-refractivity contribution in [1.29, 1.82) is 0 Å². The zero-order valence-corrected chi connectivity index (χ0v) is 19.6. The number of nitrogens with zero attached hydrogens (tertiary/aromatic N) is 4. The van der Waals surface area contributed by atoms with Gasteiger partial charge in [0.25, 0.3) is 0 Å².